The Balaban J connectivity index is 2.31. The van der Waals surface area contributed by atoms with Crippen molar-refractivity contribution in [2.24, 2.45) is 5.73 Å². The largest absolute Gasteiger partial charge is 0.488 e. The summed E-state index contributed by atoms with van der Waals surface area (Å²) < 4.78 is 24.0. The predicted octanol–water partition coefficient (Wildman–Crippen LogP) is 1.84. The zero-order chi connectivity index (χ0) is 14.1. The Morgan fingerprint density at radius 1 is 1.37 bits per heavy atom. The van der Waals surface area contributed by atoms with Crippen LogP contribution in [0.3, 0.4) is 0 Å². The SMILES string of the molecule is CCCCOCC(O)COc1ccc(CN)cc1F. The molecule has 4 nitrogen and oxygen atoms in total. The molecule has 0 fully saturated rings. The van der Waals surface area contributed by atoms with Crippen LogP contribution in [-0.4, -0.2) is 31.0 Å². The van der Waals surface area contributed by atoms with Gasteiger partial charge in [-0.05, 0) is 24.1 Å². The Labute approximate surface area is 113 Å². The summed E-state index contributed by atoms with van der Waals surface area (Å²) in [6.45, 7) is 3.17. The maximum absolute atomic E-state index is 13.5. The molecule has 108 valence electrons. The quantitative estimate of drug-likeness (QED) is 0.673. The highest BCUT2D eigenvalue weighted by molar-refractivity contribution is 5.29. The van der Waals surface area contributed by atoms with Crippen molar-refractivity contribution >= 4 is 0 Å². The Morgan fingerprint density at radius 3 is 2.79 bits per heavy atom. The van der Waals surface area contributed by atoms with Crippen LogP contribution in [0.1, 0.15) is 25.3 Å². The highest BCUT2D eigenvalue weighted by Gasteiger charge is 2.09. The standard InChI is InChI=1S/C14H22FNO3/c1-2-3-6-18-9-12(17)10-19-14-5-4-11(8-16)7-13(14)15/h4-5,7,12,17H,2-3,6,8-10,16H2,1H3. The van der Waals surface area contributed by atoms with Gasteiger partial charge in [0.15, 0.2) is 11.6 Å². The van der Waals surface area contributed by atoms with Gasteiger partial charge in [0.2, 0.25) is 0 Å². The van der Waals surface area contributed by atoms with Crippen LogP contribution in [0.2, 0.25) is 0 Å². The first kappa shape index (κ1) is 15.9. The average molecular weight is 271 g/mol. The van der Waals surface area contributed by atoms with Crippen LogP contribution in [0, 0.1) is 5.82 Å². The summed E-state index contributed by atoms with van der Waals surface area (Å²) >= 11 is 0. The van der Waals surface area contributed by atoms with Crippen LogP contribution >= 0.6 is 0 Å². The molecule has 3 N–H and O–H groups in total. The molecule has 0 heterocycles. The molecular weight excluding hydrogens is 249 g/mol. The molecule has 0 spiro atoms. The van der Waals surface area contributed by atoms with Crippen molar-refractivity contribution in [3.05, 3.63) is 29.6 Å². The molecule has 0 aliphatic rings. The van der Waals surface area contributed by atoms with E-state index in [-0.39, 0.29) is 25.5 Å². The van der Waals surface area contributed by atoms with Gasteiger partial charge in [-0.3, -0.25) is 0 Å². The fourth-order valence-corrected chi connectivity index (χ4v) is 1.49. The van der Waals surface area contributed by atoms with Gasteiger partial charge < -0.3 is 20.3 Å². The van der Waals surface area contributed by atoms with Crippen molar-refractivity contribution < 1.29 is 19.0 Å². The summed E-state index contributed by atoms with van der Waals surface area (Å²) in [5, 5.41) is 9.61. The second-order valence-electron chi connectivity index (χ2n) is 4.36. The number of aliphatic hydroxyl groups excluding tert-OH is 1. The zero-order valence-electron chi connectivity index (χ0n) is 11.3. The molecule has 0 amide bonds. The lowest BCUT2D eigenvalue weighted by Crippen LogP contribution is -2.24. The van der Waals surface area contributed by atoms with Crippen LogP contribution in [0.5, 0.6) is 5.75 Å². The monoisotopic (exact) mass is 271 g/mol. The van der Waals surface area contributed by atoms with Gasteiger partial charge in [0, 0.05) is 13.2 Å². The number of rotatable bonds is 9. The van der Waals surface area contributed by atoms with E-state index in [2.05, 4.69) is 6.92 Å². The number of benzene rings is 1. The third kappa shape index (κ3) is 6.00. The van der Waals surface area contributed by atoms with Gasteiger partial charge in [-0.15, -0.1) is 0 Å². The molecule has 1 aromatic rings. The number of nitrogens with two attached hydrogens (primary N) is 1. The lowest BCUT2D eigenvalue weighted by atomic mass is 10.2. The Kier molecular flexibility index (Phi) is 7.40. The van der Waals surface area contributed by atoms with E-state index in [1.165, 1.54) is 12.1 Å². The van der Waals surface area contributed by atoms with Gasteiger partial charge >= 0.3 is 0 Å². The summed E-state index contributed by atoms with van der Waals surface area (Å²) in [4.78, 5) is 0. The summed E-state index contributed by atoms with van der Waals surface area (Å²) in [6, 6.07) is 4.55. The molecule has 0 aliphatic carbocycles. The van der Waals surface area contributed by atoms with Crippen LogP contribution in [0.15, 0.2) is 18.2 Å². The maximum atomic E-state index is 13.5. The van der Waals surface area contributed by atoms with Crippen LogP contribution < -0.4 is 10.5 Å². The number of hydrogen-bond donors (Lipinski definition) is 2. The van der Waals surface area contributed by atoms with Gasteiger partial charge in [0.25, 0.3) is 0 Å². The van der Waals surface area contributed by atoms with Crippen LogP contribution in [0.4, 0.5) is 4.39 Å². The van der Waals surface area contributed by atoms with E-state index in [9.17, 15) is 9.50 Å². The van der Waals surface area contributed by atoms with E-state index in [1.807, 2.05) is 0 Å². The third-order valence-electron chi connectivity index (χ3n) is 2.62. The Hall–Kier alpha value is -1.17. The summed E-state index contributed by atoms with van der Waals surface area (Å²) in [7, 11) is 0. The van der Waals surface area contributed by atoms with Gasteiger partial charge in [0.1, 0.15) is 12.7 Å². The first-order valence-electron chi connectivity index (χ1n) is 6.54. The topological polar surface area (TPSA) is 64.7 Å². The lowest BCUT2D eigenvalue weighted by molar-refractivity contribution is 0.0106. The minimum absolute atomic E-state index is 0.00498. The Bertz CT molecular complexity index is 374. The molecule has 19 heavy (non-hydrogen) atoms. The highest BCUT2D eigenvalue weighted by atomic mass is 19.1. The number of unbranched alkanes of at least 4 members (excludes halogenated alkanes) is 1. The van der Waals surface area contributed by atoms with Crippen LogP contribution in [-0.2, 0) is 11.3 Å². The molecule has 1 atom stereocenters. The molecule has 0 saturated heterocycles. The molecule has 1 rings (SSSR count). The van der Waals surface area contributed by atoms with E-state index >= 15 is 0 Å². The van der Waals surface area contributed by atoms with Gasteiger partial charge in [0.05, 0.1) is 6.61 Å². The maximum Gasteiger partial charge on any atom is 0.165 e. The molecule has 0 aliphatic heterocycles. The van der Waals surface area contributed by atoms with E-state index < -0.39 is 11.9 Å². The number of halogens is 1. The van der Waals surface area contributed by atoms with Crippen molar-refractivity contribution in [2.45, 2.75) is 32.4 Å². The van der Waals surface area contributed by atoms with Gasteiger partial charge in [-0.25, -0.2) is 4.39 Å². The van der Waals surface area contributed by atoms with E-state index in [0.29, 0.717) is 12.2 Å². The molecule has 0 radical (unpaired) electrons. The summed E-state index contributed by atoms with van der Waals surface area (Å²) in [5.74, 6) is -0.355. The fourth-order valence-electron chi connectivity index (χ4n) is 1.49. The number of hydrogen-bond acceptors (Lipinski definition) is 4. The third-order valence-corrected chi connectivity index (χ3v) is 2.62. The Morgan fingerprint density at radius 2 is 2.16 bits per heavy atom. The van der Waals surface area contributed by atoms with Crippen molar-refractivity contribution in [2.75, 3.05) is 19.8 Å². The highest BCUT2D eigenvalue weighted by Crippen LogP contribution is 2.18. The minimum Gasteiger partial charge on any atom is -0.488 e. The zero-order valence-corrected chi connectivity index (χ0v) is 11.3. The summed E-state index contributed by atoms with van der Waals surface area (Å²) in [5.41, 5.74) is 6.11. The van der Waals surface area contributed by atoms with Crippen LogP contribution in [0.25, 0.3) is 0 Å². The fraction of sp³-hybridized carbons (Fsp3) is 0.571. The minimum atomic E-state index is -0.759. The number of aliphatic hydroxyl groups is 1. The van der Waals surface area contributed by atoms with Gasteiger partial charge in [-0.1, -0.05) is 19.4 Å². The van der Waals surface area contributed by atoms with Crippen molar-refractivity contribution in [3.8, 4) is 5.75 Å². The smallest absolute Gasteiger partial charge is 0.165 e. The normalized spacial score (nSPS) is 12.4. The first-order valence-corrected chi connectivity index (χ1v) is 6.54. The van der Waals surface area contributed by atoms with Crippen molar-refractivity contribution in [1.29, 1.82) is 0 Å². The van der Waals surface area contributed by atoms with Gasteiger partial charge in [-0.2, -0.15) is 0 Å². The van der Waals surface area contributed by atoms with E-state index in [1.54, 1.807) is 6.07 Å². The summed E-state index contributed by atoms with van der Waals surface area (Å²) in [6.07, 6.45) is 1.25. The van der Waals surface area contributed by atoms with Crippen molar-refractivity contribution in [3.63, 3.8) is 0 Å². The molecule has 0 bridgehead atoms. The molecule has 0 saturated carbocycles. The second-order valence-corrected chi connectivity index (χ2v) is 4.36. The van der Waals surface area contributed by atoms with E-state index in [4.69, 9.17) is 15.2 Å². The molecule has 0 aromatic heterocycles. The van der Waals surface area contributed by atoms with E-state index in [0.717, 1.165) is 12.8 Å². The molecular formula is C14H22FNO3. The predicted molar refractivity (Wildman–Crippen MR) is 71.5 cm³/mol. The van der Waals surface area contributed by atoms with Crippen molar-refractivity contribution in [1.82, 2.24) is 0 Å². The molecule has 1 unspecified atom stereocenters. The molecule has 1 aromatic carbocycles. The second kappa shape index (κ2) is 8.85. The average Bonchev–Trinajstić information content (AvgIpc) is 2.42. The molecule has 5 heteroatoms. The lowest BCUT2D eigenvalue weighted by Gasteiger charge is -2.13. The number of ether oxygens (including phenoxy) is 2. The first-order chi connectivity index (χ1) is 9.17.